The second-order valence-corrected chi connectivity index (χ2v) is 5.38. The van der Waals surface area contributed by atoms with Crippen molar-refractivity contribution in [2.24, 2.45) is 0 Å². The highest BCUT2D eigenvalue weighted by Gasteiger charge is 2.36. The molecule has 0 fully saturated rings. The van der Waals surface area contributed by atoms with E-state index in [4.69, 9.17) is 16.3 Å². The van der Waals surface area contributed by atoms with Crippen molar-refractivity contribution in [1.82, 2.24) is 20.4 Å². The van der Waals surface area contributed by atoms with Crippen LogP contribution in [-0.4, -0.2) is 32.2 Å². The summed E-state index contributed by atoms with van der Waals surface area (Å²) in [6.07, 6.45) is 0. The van der Waals surface area contributed by atoms with Crippen molar-refractivity contribution in [3.63, 3.8) is 0 Å². The normalized spacial score (nSPS) is 13.1. The number of nitrogens with zero attached hydrogens (tertiary/aromatic N) is 5. The van der Waals surface area contributed by atoms with Gasteiger partial charge in [0.05, 0.1) is 16.8 Å². The van der Waals surface area contributed by atoms with Crippen molar-refractivity contribution in [3.8, 4) is 11.8 Å². The second-order valence-electron chi connectivity index (χ2n) is 5.04. The molecule has 2 aromatic carbocycles. The molecule has 0 saturated heterocycles. The van der Waals surface area contributed by atoms with Gasteiger partial charge < -0.3 is 4.74 Å². The minimum atomic E-state index is -0.358. The fraction of sp³-hybridized carbons (Fsp3) is 0. The van der Waals surface area contributed by atoms with Crippen LogP contribution in [0, 0.1) is 0 Å². The number of aromatic nitrogens is 4. The molecule has 9 heteroatoms. The minimum Gasteiger partial charge on any atom is -0.422 e. The molecule has 2 heterocycles. The number of benzene rings is 2. The van der Waals surface area contributed by atoms with Gasteiger partial charge in [-0.1, -0.05) is 22.3 Å². The number of halogens is 1. The minimum absolute atomic E-state index is 0.0714. The Morgan fingerprint density at radius 3 is 1.92 bits per heavy atom. The highest BCUT2D eigenvalue weighted by atomic mass is 35.5. The maximum Gasteiger partial charge on any atom is 0.360 e. The summed E-state index contributed by atoms with van der Waals surface area (Å²) in [5.41, 5.74) is 1.21. The molecule has 0 radical (unpaired) electrons. The number of amides is 2. The Hall–Kier alpha value is -3.39. The van der Waals surface area contributed by atoms with Gasteiger partial charge >= 0.3 is 6.01 Å². The largest absolute Gasteiger partial charge is 0.422 e. The number of hydrogen-bond donors (Lipinski definition) is 0. The number of hydrogen-bond acceptors (Lipinski definition) is 7. The Morgan fingerprint density at radius 2 is 1.36 bits per heavy atom. The van der Waals surface area contributed by atoms with E-state index in [1.54, 1.807) is 48.5 Å². The molecule has 2 amide bonds. The van der Waals surface area contributed by atoms with Gasteiger partial charge in [-0.3, -0.25) is 9.59 Å². The van der Waals surface area contributed by atoms with Crippen LogP contribution in [0.1, 0.15) is 20.7 Å². The van der Waals surface area contributed by atoms with Crippen molar-refractivity contribution in [3.05, 3.63) is 64.9 Å². The van der Waals surface area contributed by atoms with E-state index in [-0.39, 0.29) is 23.1 Å². The molecule has 8 nitrogen and oxygen atoms in total. The lowest BCUT2D eigenvalue weighted by Gasteiger charge is -2.14. The molecule has 0 aliphatic carbocycles. The Morgan fingerprint density at radius 1 is 0.800 bits per heavy atom. The number of rotatable bonds is 3. The van der Waals surface area contributed by atoms with E-state index in [2.05, 4.69) is 20.4 Å². The number of imide groups is 1. The van der Waals surface area contributed by atoms with Crippen LogP contribution in [-0.2, 0) is 0 Å². The van der Waals surface area contributed by atoms with Gasteiger partial charge in [0.1, 0.15) is 5.75 Å². The van der Waals surface area contributed by atoms with Crippen LogP contribution < -0.4 is 9.64 Å². The average Bonchev–Trinajstić information content (AvgIpc) is 2.89. The number of carbonyl (C=O) groups is 2. The van der Waals surface area contributed by atoms with E-state index in [0.29, 0.717) is 22.6 Å². The number of carbonyl (C=O) groups excluding carboxylic acids is 2. The fourth-order valence-electron chi connectivity index (χ4n) is 2.44. The summed E-state index contributed by atoms with van der Waals surface area (Å²) in [6, 6.07) is 13.0. The maximum absolute atomic E-state index is 12.4. The molecule has 0 N–H and O–H groups in total. The van der Waals surface area contributed by atoms with Crippen LogP contribution in [0.15, 0.2) is 48.5 Å². The molecule has 3 aromatic rings. The van der Waals surface area contributed by atoms with Gasteiger partial charge in [-0.2, -0.15) is 0 Å². The average molecular weight is 354 g/mol. The van der Waals surface area contributed by atoms with E-state index in [0.717, 1.165) is 4.90 Å². The zero-order valence-electron chi connectivity index (χ0n) is 12.5. The van der Waals surface area contributed by atoms with Crippen LogP contribution in [0.25, 0.3) is 0 Å². The third-order valence-electron chi connectivity index (χ3n) is 3.53. The fourth-order valence-corrected chi connectivity index (χ4v) is 2.52. The summed E-state index contributed by atoms with van der Waals surface area (Å²) in [5.74, 6) is -0.321. The standard InChI is InChI=1S/C16H8ClN5O3/c17-15-18-20-16(21-19-15)25-10-7-5-9(6-8-10)22-13(23)11-3-1-2-4-12(11)14(22)24/h1-8H. The third kappa shape index (κ3) is 2.68. The summed E-state index contributed by atoms with van der Waals surface area (Å²) in [4.78, 5) is 26.0. The van der Waals surface area contributed by atoms with Gasteiger partial charge in [-0.05, 0) is 48.0 Å². The van der Waals surface area contributed by atoms with Crippen LogP contribution in [0.5, 0.6) is 11.8 Å². The van der Waals surface area contributed by atoms with Gasteiger partial charge in [0.15, 0.2) is 0 Å². The molecule has 0 atom stereocenters. The first kappa shape index (κ1) is 15.2. The quantitative estimate of drug-likeness (QED) is 0.667. The van der Waals surface area contributed by atoms with E-state index in [1.165, 1.54) is 0 Å². The van der Waals surface area contributed by atoms with E-state index < -0.39 is 0 Å². The predicted octanol–water partition coefficient (Wildman–Crippen LogP) is 2.51. The topological polar surface area (TPSA) is 98.2 Å². The first-order chi connectivity index (χ1) is 12.1. The third-order valence-corrected chi connectivity index (χ3v) is 3.69. The zero-order valence-corrected chi connectivity index (χ0v) is 13.2. The number of anilines is 1. The van der Waals surface area contributed by atoms with Gasteiger partial charge in [0, 0.05) is 0 Å². The Bertz CT molecular complexity index is 941. The lowest BCUT2D eigenvalue weighted by Crippen LogP contribution is -2.29. The van der Waals surface area contributed by atoms with Gasteiger partial charge in [-0.15, -0.1) is 10.2 Å². The zero-order chi connectivity index (χ0) is 17.4. The van der Waals surface area contributed by atoms with E-state index in [1.807, 2.05) is 0 Å². The molecule has 4 rings (SSSR count). The SMILES string of the molecule is O=C1c2ccccc2C(=O)N1c1ccc(Oc2nnc(Cl)nn2)cc1. The van der Waals surface area contributed by atoms with Crippen molar-refractivity contribution >= 4 is 29.1 Å². The molecule has 0 spiro atoms. The number of fused-ring (bicyclic) bond motifs is 1. The van der Waals surface area contributed by atoms with Gasteiger partial charge in [-0.25, -0.2) is 4.90 Å². The molecule has 0 saturated carbocycles. The van der Waals surface area contributed by atoms with Crippen molar-refractivity contribution < 1.29 is 14.3 Å². The number of ether oxygens (including phenoxy) is 1. The lowest BCUT2D eigenvalue weighted by atomic mass is 10.1. The smallest absolute Gasteiger partial charge is 0.360 e. The van der Waals surface area contributed by atoms with Crippen molar-refractivity contribution in [2.75, 3.05) is 4.90 Å². The molecule has 1 aliphatic rings. The molecule has 1 aliphatic heterocycles. The summed E-state index contributed by atoms with van der Waals surface area (Å²) >= 11 is 5.50. The Labute approximate surface area is 146 Å². The Kier molecular flexibility index (Phi) is 3.58. The van der Waals surface area contributed by atoms with Crippen LogP contribution >= 0.6 is 11.6 Å². The summed E-state index contributed by atoms with van der Waals surface area (Å²) in [7, 11) is 0. The van der Waals surface area contributed by atoms with Crippen molar-refractivity contribution in [2.45, 2.75) is 0 Å². The molecule has 0 unspecified atom stereocenters. The van der Waals surface area contributed by atoms with Gasteiger partial charge in [0.2, 0.25) is 0 Å². The first-order valence-corrected chi connectivity index (χ1v) is 7.50. The molecule has 1 aromatic heterocycles. The molecule has 0 bridgehead atoms. The highest BCUT2D eigenvalue weighted by Crippen LogP contribution is 2.29. The summed E-state index contributed by atoms with van der Waals surface area (Å²) in [6.45, 7) is 0. The predicted molar refractivity (Wildman–Crippen MR) is 86.7 cm³/mol. The van der Waals surface area contributed by atoms with Crippen molar-refractivity contribution in [1.29, 1.82) is 0 Å². The van der Waals surface area contributed by atoms with Crippen LogP contribution in [0.4, 0.5) is 5.69 Å². The first-order valence-electron chi connectivity index (χ1n) is 7.12. The summed E-state index contributed by atoms with van der Waals surface area (Å²) in [5, 5.41) is 14.2. The monoisotopic (exact) mass is 353 g/mol. The van der Waals surface area contributed by atoms with E-state index in [9.17, 15) is 9.59 Å². The lowest BCUT2D eigenvalue weighted by molar-refractivity contribution is 0.0926. The second kappa shape index (κ2) is 5.91. The van der Waals surface area contributed by atoms with Crippen LogP contribution in [0.3, 0.4) is 0 Å². The molecule has 25 heavy (non-hydrogen) atoms. The summed E-state index contributed by atoms with van der Waals surface area (Å²) < 4.78 is 5.37. The molecular formula is C16H8ClN5O3. The molecular weight excluding hydrogens is 346 g/mol. The Balaban J connectivity index is 1.58. The van der Waals surface area contributed by atoms with Crippen LogP contribution in [0.2, 0.25) is 5.28 Å². The van der Waals surface area contributed by atoms with E-state index >= 15 is 0 Å². The van der Waals surface area contributed by atoms with Gasteiger partial charge in [0.25, 0.3) is 17.1 Å². The maximum atomic E-state index is 12.4. The molecule has 122 valence electrons. The highest BCUT2D eigenvalue weighted by molar-refractivity contribution is 6.34.